The average molecular weight is 371 g/mol. The summed E-state index contributed by atoms with van der Waals surface area (Å²) in [7, 11) is 3.11. The van der Waals surface area contributed by atoms with Gasteiger partial charge in [0.1, 0.15) is 17.1 Å². The van der Waals surface area contributed by atoms with Crippen LogP contribution in [-0.4, -0.2) is 31.6 Å². The maximum atomic E-state index is 13.3. The minimum absolute atomic E-state index is 0.128. The van der Waals surface area contributed by atoms with Crippen molar-refractivity contribution in [3.05, 3.63) is 70.3 Å². The molecule has 0 saturated heterocycles. The summed E-state index contributed by atoms with van der Waals surface area (Å²) < 4.78 is 16.0. The number of rotatable bonds is 8. The Labute approximate surface area is 156 Å². The van der Waals surface area contributed by atoms with Gasteiger partial charge in [-0.2, -0.15) is 0 Å². The summed E-state index contributed by atoms with van der Waals surface area (Å²) in [5.74, 6) is 0.877. The second-order valence-corrected chi connectivity index (χ2v) is 6.76. The lowest BCUT2D eigenvalue weighted by Crippen LogP contribution is -2.33. The highest BCUT2D eigenvalue weighted by Crippen LogP contribution is 2.30. The highest BCUT2D eigenvalue weighted by Gasteiger charge is 2.24. The summed E-state index contributed by atoms with van der Waals surface area (Å²) >= 11 is 1.69. The first-order valence-electron chi connectivity index (χ1n) is 8.26. The van der Waals surface area contributed by atoms with E-state index in [1.165, 1.54) is 4.88 Å². The summed E-state index contributed by atoms with van der Waals surface area (Å²) in [6.45, 7) is 1.05. The molecule has 3 rings (SSSR count). The lowest BCUT2D eigenvalue weighted by molar-refractivity contribution is 0.0738. The Kier molecular flexibility index (Phi) is 5.96. The van der Waals surface area contributed by atoms with Crippen LogP contribution in [-0.2, 0) is 13.0 Å². The smallest absolute Gasteiger partial charge is 0.261 e. The van der Waals surface area contributed by atoms with E-state index < -0.39 is 0 Å². The van der Waals surface area contributed by atoms with Crippen molar-refractivity contribution in [2.45, 2.75) is 13.0 Å². The maximum absolute atomic E-state index is 13.3. The fourth-order valence-corrected chi connectivity index (χ4v) is 3.47. The first-order valence-corrected chi connectivity index (χ1v) is 9.14. The van der Waals surface area contributed by atoms with E-state index in [0.717, 1.165) is 12.0 Å². The molecule has 6 heteroatoms. The standard InChI is InChI=1S/C20H21NO4S/c1-23-17-6-3-7-18(24-2)19(17)20(22)21(13-15-9-11-25-14-15)10-8-16-5-4-12-26-16/h3-7,9,11-12,14H,8,10,13H2,1-2H3. The molecule has 3 aromatic rings. The Morgan fingerprint density at radius 1 is 1.12 bits per heavy atom. The van der Waals surface area contributed by atoms with Crippen LogP contribution in [0.5, 0.6) is 11.5 Å². The minimum Gasteiger partial charge on any atom is -0.496 e. The third-order valence-corrected chi connectivity index (χ3v) is 5.03. The molecule has 1 amide bonds. The van der Waals surface area contributed by atoms with Gasteiger partial charge in [0.25, 0.3) is 5.91 Å². The van der Waals surface area contributed by atoms with Crippen molar-refractivity contribution in [3.8, 4) is 11.5 Å². The van der Waals surface area contributed by atoms with E-state index in [1.54, 1.807) is 61.2 Å². The van der Waals surface area contributed by atoms with Crippen LogP contribution < -0.4 is 9.47 Å². The highest BCUT2D eigenvalue weighted by molar-refractivity contribution is 7.09. The fraction of sp³-hybridized carbons (Fsp3) is 0.250. The third kappa shape index (κ3) is 4.08. The first kappa shape index (κ1) is 18.1. The molecule has 0 bridgehead atoms. The molecule has 0 saturated carbocycles. The highest BCUT2D eigenvalue weighted by atomic mass is 32.1. The van der Waals surface area contributed by atoms with Crippen LogP contribution in [0.2, 0.25) is 0 Å². The molecule has 0 fully saturated rings. The van der Waals surface area contributed by atoms with E-state index in [1.807, 2.05) is 17.5 Å². The second kappa shape index (κ2) is 8.58. The van der Waals surface area contributed by atoms with Gasteiger partial charge in [0.2, 0.25) is 0 Å². The van der Waals surface area contributed by atoms with Gasteiger partial charge in [0.15, 0.2) is 0 Å². The van der Waals surface area contributed by atoms with Crippen LogP contribution in [0.4, 0.5) is 0 Å². The van der Waals surface area contributed by atoms with Gasteiger partial charge >= 0.3 is 0 Å². The molecule has 0 spiro atoms. The Morgan fingerprint density at radius 3 is 2.46 bits per heavy atom. The Balaban J connectivity index is 1.88. The van der Waals surface area contributed by atoms with E-state index >= 15 is 0 Å². The normalized spacial score (nSPS) is 10.5. The molecule has 5 nitrogen and oxygen atoms in total. The van der Waals surface area contributed by atoms with Gasteiger partial charge in [-0.1, -0.05) is 12.1 Å². The molecule has 0 N–H and O–H groups in total. The molecule has 0 atom stereocenters. The van der Waals surface area contributed by atoms with Gasteiger partial charge in [-0.3, -0.25) is 4.79 Å². The van der Waals surface area contributed by atoms with E-state index in [4.69, 9.17) is 13.9 Å². The molecule has 0 aliphatic rings. The zero-order chi connectivity index (χ0) is 18.4. The van der Waals surface area contributed by atoms with Crippen molar-refractivity contribution in [1.82, 2.24) is 4.90 Å². The number of amides is 1. The quantitative estimate of drug-likeness (QED) is 0.594. The molecule has 26 heavy (non-hydrogen) atoms. The Hall–Kier alpha value is -2.73. The first-order chi connectivity index (χ1) is 12.7. The van der Waals surface area contributed by atoms with Gasteiger partial charge in [0.05, 0.1) is 26.7 Å². The van der Waals surface area contributed by atoms with Gasteiger partial charge in [-0.15, -0.1) is 11.3 Å². The van der Waals surface area contributed by atoms with Crippen LogP contribution in [0.1, 0.15) is 20.8 Å². The lowest BCUT2D eigenvalue weighted by Gasteiger charge is -2.24. The Bertz CT molecular complexity index is 805. The predicted molar refractivity (Wildman–Crippen MR) is 101 cm³/mol. The number of furan rings is 1. The van der Waals surface area contributed by atoms with Crippen molar-refractivity contribution < 1.29 is 18.7 Å². The number of carbonyl (C=O) groups is 1. The molecule has 0 unspecified atom stereocenters. The monoisotopic (exact) mass is 371 g/mol. The largest absolute Gasteiger partial charge is 0.496 e. The molecular weight excluding hydrogens is 350 g/mol. The van der Waals surface area contributed by atoms with Crippen LogP contribution >= 0.6 is 11.3 Å². The molecule has 0 aliphatic heterocycles. The van der Waals surface area contributed by atoms with Gasteiger partial charge < -0.3 is 18.8 Å². The number of benzene rings is 1. The van der Waals surface area contributed by atoms with Crippen molar-refractivity contribution in [2.24, 2.45) is 0 Å². The van der Waals surface area contributed by atoms with E-state index in [-0.39, 0.29) is 5.91 Å². The third-order valence-electron chi connectivity index (χ3n) is 4.09. The number of methoxy groups -OCH3 is 2. The summed E-state index contributed by atoms with van der Waals surface area (Å²) in [4.78, 5) is 16.4. The van der Waals surface area contributed by atoms with Crippen LogP contribution in [0.25, 0.3) is 0 Å². The maximum Gasteiger partial charge on any atom is 0.261 e. The SMILES string of the molecule is COc1cccc(OC)c1C(=O)N(CCc1cccs1)Cc1ccoc1. The summed E-state index contributed by atoms with van der Waals surface area (Å²) in [5, 5.41) is 2.04. The number of ether oxygens (including phenoxy) is 2. The fourth-order valence-electron chi connectivity index (χ4n) is 2.78. The van der Waals surface area contributed by atoms with Crippen molar-refractivity contribution in [1.29, 1.82) is 0 Å². The van der Waals surface area contributed by atoms with E-state index in [9.17, 15) is 4.79 Å². The predicted octanol–water partition coefficient (Wildman–Crippen LogP) is 4.24. The number of nitrogens with zero attached hydrogens (tertiary/aromatic N) is 1. The summed E-state index contributed by atoms with van der Waals surface area (Å²) in [6.07, 6.45) is 4.06. The number of hydrogen-bond acceptors (Lipinski definition) is 5. The van der Waals surface area contributed by atoms with Crippen molar-refractivity contribution in [3.63, 3.8) is 0 Å². The zero-order valence-corrected chi connectivity index (χ0v) is 15.6. The number of hydrogen-bond donors (Lipinski definition) is 0. The second-order valence-electron chi connectivity index (χ2n) is 5.73. The van der Waals surface area contributed by atoms with Crippen LogP contribution in [0, 0.1) is 0 Å². The number of carbonyl (C=O) groups excluding carboxylic acids is 1. The van der Waals surface area contributed by atoms with Crippen LogP contribution in [0.15, 0.2) is 58.7 Å². The molecule has 0 radical (unpaired) electrons. The van der Waals surface area contributed by atoms with Gasteiger partial charge in [0, 0.05) is 23.5 Å². The summed E-state index contributed by atoms with van der Waals surface area (Å²) in [5.41, 5.74) is 1.38. The minimum atomic E-state index is -0.128. The molecule has 1 aromatic carbocycles. The molecule has 2 heterocycles. The number of thiophene rings is 1. The van der Waals surface area contributed by atoms with Gasteiger partial charge in [-0.05, 0) is 36.1 Å². The molecule has 2 aromatic heterocycles. The molecule has 136 valence electrons. The van der Waals surface area contributed by atoms with Gasteiger partial charge in [-0.25, -0.2) is 0 Å². The molecule has 0 aliphatic carbocycles. The zero-order valence-electron chi connectivity index (χ0n) is 14.8. The van der Waals surface area contributed by atoms with E-state index in [0.29, 0.717) is 30.2 Å². The topological polar surface area (TPSA) is 51.9 Å². The van der Waals surface area contributed by atoms with Crippen molar-refractivity contribution >= 4 is 17.2 Å². The average Bonchev–Trinajstić information content (AvgIpc) is 3.37. The lowest BCUT2D eigenvalue weighted by atomic mass is 10.1. The van der Waals surface area contributed by atoms with Crippen LogP contribution in [0.3, 0.4) is 0 Å². The summed E-state index contributed by atoms with van der Waals surface area (Å²) in [6, 6.07) is 11.3. The van der Waals surface area contributed by atoms with Crippen molar-refractivity contribution in [2.75, 3.05) is 20.8 Å². The molecular formula is C20H21NO4S. The Morgan fingerprint density at radius 2 is 1.88 bits per heavy atom. The van der Waals surface area contributed by atoms with E-state index in [2.05, 4.69) is 6.07 Å².